The van der Waals surface area contributed by atoms with Gasteiger partial charge < -0.3 is 5.73 Å². The second-order valence-corrected chi connectivity index (χ2v) is 4.61. The molecule has 1 aromatic rings. The van der Waals surface area contributed by atoms with Crippen molar-refractivity contribution < 1.29 is 0 Å². The van der Waals surface area contributed by atoms with Crippen LogP contribution in [0.15, 0.2) is 24.5 Å². The van der Waals surface area contributed by atoms with E-state index in [-0.39, 0.29) is 0 Å². The van der Waals surface area contributed by atoms with Crippen LogP contribution in [-0.2, 0) is 0 Å². The summed E-state index contributed by atoms with van der Waals surface area (Å²) in [4.78, 5) is 6.79. The first-order chi connectivity index (χ1) is 7.83. The number of aromatic nitrogens is 1. The monoisotopic (exact) mass is 219 g/mol. The number of pyridine rings is 1. The van der Waals surface area contributed by atoms with E-state index in [2.05, 4.69) is 22.9 Å². The fourth-order valence-electron chi connectivity index (χ4n) is 2.65. The van der Waals surface area contributed by atoms with E-state index in [0.717, 1.165) is 13.0 Å². The van der Waals surface area contributed by atoms with E-state index in [9.17, 15) is 0 Å². The van der Waals surface area contributed by atoms with Crippen LogP contribution in [0.5, 0.6) is 0 Å². The van der Waals surface area contributed by atoms with Crippen LogP contribution in [0, 0.1) is 0 Å². The molecule has 0 radical (unpaired) electrons. The summed E-state index contributed by atoms with van der Waals surface area (Å²) in [6.45, 7) is 4.25. The van der Waals surface area contributed by atoms with Crippen molar-refractivity contribution >= 4 is 0 Å². The Bertz CT molecular complexity index is 312. The van der Waals surface area contributed by atoms with Crippen molar-refractivity contribution in [2.24, 2.45) is 5.73 Å². The van der Waals surface area contributed by atoms with Crippen LogP contribution in [0.3, 0.4) is 0 Å². The zero-order valence-electron chi connectivity index (χ0n) is 9.97. The molecule has 88 valence electrons. The maximum absolute atomic E-state index is 5.64. The summed E-state index contributed by atoms with van der Waals surface area (Å²) in [5.41, 5.74) is 6.99. The third-order valence-electron chi connectivity index (χ3n) is 3.51. The molecule has 2 rings (SSSR count). The van der Waals surface area contributed by atoms with E-state index in [1.165, 1.54) is 24.9 Å². The van der Waals surface area contributed by atoms with Crippen molar-refractivity contribution in [2.45, 2.75) is 38.3 Å². The zero-order valence-corrected chi connectivity index (χ0v) is 9.97. The van der Waals surface area contributed by atoms with Gasteiger partial charge in [-0.05, 0) is 50.9 Å². The highest BCUT2D eigenvalue weighted by molar-refractivity contribution is 5.15. The van der Waals surface area contributed by atoms with Crippen molar-refractivity contribution in [1.82, 2.24) is 9.88 Å². The largest absolute Gasteiger partial charge is 0.330 e. The Morgan fingerprint density at radius 3 is 3.19 bits per heavy atom. The number of nitrogens with two attached hydrogens (primary N) is 1. The fraction of sp³-hybridized carbons (Fsp3) is 0.615. The first-order valence-corrected chi connectivity index (χ1v) is 6.18. The second kappa shape index (κ2) is 5.41. The van der Waals surface area contributed by atoms with Gasteiger partial charge in [0.1, 0.15) is 0 Å². The molecule has 2 heterocycles. The van der Waals surface area contributed by atoms with Gasteiger partial charge in [-0.2, -0.15) is 0 Å². The van der Waals surface area contributed by atoms with Gasteiger partial charge in [0.2, 0.25) is 0 Å². The molecule has 0 amide bonds. The Kier molecular flexibility index (Phi) is 3.91. The lowest BCUT2D eigenvalue weighted by Crippen LogP contribution is -2.34. The summed E-state index contributed by atoms with van der Waals surface area (Å²) in [6, 6.07) is 5.35. The van der Waals surface area contributed by atoms with E-state index in [0.29, 0.717) is 12.1 Å². The smallest absolute Gasteiger partial charge is 0.0366 e. The third kappa shape index (κ3) is 2.42. The van der Waals surface area contributed by atoms with Crippen molar-refractivity contribution in [1.29, 1.82) is 0 Å². The van der Waals surface area contributed by atoms with Crippen LogP contribution in [-0.4, -0.2) is 29.0 Å². The quantitative estimate of drug-likeness (QED) is 0.841. The highest BCUT2D eigenvalue weighted by Crippen LogP contribution is 2.33. The number of hydrogen-bond acceptors (Lipinski definition) is 3. The average molecular weight is 219 g/mol. The Hall–Kier alpha value is -0.930. The Balaban J connectivity index is 2.09. The van der Waals surface area contributed by atoms with Gasteiger partial charge in [0, 0.05) is 24.5 Å². The Morgan fingerprint density at radius 2 is 2.50 bits per heavy atom. The van der Waals surface area contributed by atoms with Gasteiger partial charge in [-0.25, -0.2) is 0 Å². The third-order valence-corrected chi connectivity index (χ3v) is 3.51. The minimum atomic E-state index is 0.551. The molecule has 2 N–H and O–H groups in total. The van der Waals surface area contributed by atoms with Gasteiger partial charge >= 0.3 is 0 Å². The molecular weight excluding hydrogens is 198 g/mol. The molecular formula is C13H21N3. The lowest BCUT2D eigenvalue weighted by Gasteiger charge is -2.30. The SMILES string of the molecule is CC(CCN)N1CCC[C@H]1c1cccnc1. The van der Waals surface area contributed by atoms with Gasteiger partial charge in [-0.1, -0.05) is 6.07 Å². The van der Waals surface area contributed by atoms with Gasteiger partial charge in [-0.3, -0.25) is 9.88 Å². The summed E-state index contributed by atoms with van der Waals surface area (Å²) >= 11 is 0. The predicted molar refractivity (Wildman–Crippen MR) is 66.1 cm³/mol. The van der Waals surface area contributed by atoms with E-state index in [1.54, 1.807) is 0 Å². The van der Waals surface area contributed by atoms with Crippen molar-refractivity contribution in [3.63, 3.8) is 0 Å². The topological polar surface area (TPSA) is 42.1 Å². The molecule has 1 fully saturated rings. The number of likely N-dealkylation sites (tertiary alicyclic amines) is 1. The van der Waals surface area contributed by atoms with Crippen molar-refractivity contribution in [3.8, 4) is 0 Å². The molecule has 1 unspecified atom stereocenters. The summed E-state index contributed by atoms with van der Waals surface area (Å²) in [5.74, 6) is 0. The number of nitrogens with zero attached hydrogens (tertiary/aromatic N) is 2. The molecule has 1 aliphatic rings. The molecule has 0 aromatic carbocycles. The minimum Gasteiger partial charge on any atom is -0.330 e. The maximum Gasteiger partial charge on any atom is 0.0366 e. The van der Waals surface area contributed by atoms with Crippen LogP contribution >= 0.6 is 0 Å². The number of hydrogen-bond donors (Lipinski definition) is 1. The Labute approximate surface area is 97.7 Å². The first kappa shape index (κ1) is 11.6. The summed E-state index contributed by atoms with van der Waals surface area (Å²) in [7, 11) is 0. The molecule has 0 aliphatic carbocycles. The lowest BCUT2D eigenvalue weighted by atomic mass is 10.1. The summed E-state index contributed by atoms with van der Waals surface area (Å²) in [5, 5.41) is 0. The van der Waals surface area contributed by atoms with Crippen LogP contribution in [0.1, 0.15) is 37.8 Å². The van der Waals surface area contributed by atoms with Crippen LogP contribution in [0.25, 0.3) is 0 Å². The molecule has 2 atom stereocenters. The lowest BCUT2D eigenvalue weighted by molar-refractivity contribution is 0.185. The van der Waals surface area contributed by atoms with Crippen LogP contribution in [0.4, 0.5) is 0 Å². The van der Waals surface area contributed by atoms with Crippen molar-refractivity contribution in [2.75, 3.05) is 13.1 Å². The van der Waals surface area contributed by atoms with Gasteiger partial charge in [0.25, 0.3) is 0 Å². The van der Waals surface area contributed by atoms with E-state index in [1.807, 2.05) is 18.5 Å². The normalized spacial score (nSPS) is 23.5. The van der Waals surface area contributed by atoms with Gasteiger partial charge in [0.15, 0.2) is 0 Å². The molecule has 1 saturated heterocycles. The zero-order chi connectivity index (χ0) is 11.4. The minimum absolute atomic E-state index is 0.551. The molecule has 16 heavy (non-hydrogen) atoms. The highest BCUT2D eigenvalue weighted by Gasteiger charge is 2.29. The van der Waals surface area contributed by atoms with Crippen LogP contribution < -0.4 is 5.73 Å². The van der Waals surface area contributed by atoms with E-state index in [4.69, 9.17) is 5.73 Å². The Morgan fingerprint density at radius 1 is 1.62 bits per heavy atom. The molecule has 3 heteroatoms. The number of rotatable bonds is 4. The van der Waals surface area contributed by atoms with Gasteiger partial charge in [0.05, 0.1) is 0 Å². The molecule has 0 spiro atoms. The second-order valence-electron chi connectivity index (χ2n) is 4.61. The van der Waals surface area contributed by atoms with E-state index >= 15 is 0 Å². The van der Waals surface area contributed by atoms with Gasteiger partial charge in [-0.15, -0.1) is 0 Å². The molecule has 1 aliphatic heterocycles. The average Bonchev–Trinajstić information content (AvgIpc) is 2.79. The standard InChI is InChI=1S/C13H21N3/c1-11(6-7-14)16-9-3-5-13(16)12-4-2-8-15-10-12/h2,4,8,10-11,13H,3,5-7,9,14H2,1H3/t11?,13-/m0/s1. The molecule has 0 bridgehead atoms. The molecule has 3 nitrogen and oxygen atoms in total. The summed E-state index contributed by atoms with van der Waals surface area (Å²) in [6.07, 6.45) is 7.45. The maximum atomic E-state index is 5.64. The van der Waals surface area contributed by atoms with Crippen molar-refractivity contribution in [3.05, 3.63) is 30.1 Å². The summed E-state index contributed by atoms with van der Waals surface area (Å²) < 4.78 is 0. The van der Waals surface area contributed by atoms with Crippen LogP contribution in [0.2, 0.25) is 0 Å². The molecule has 1 aromatic heterocycles. The van der Waals surface area contributed by atoms with E-state index < -0.39 is 0 Å². The molecule has 0 saturated carbocycles. The fourth-order valence-corrected chi connectivity index (χ4v) is 2.65. The first-order valence-electron chi connectivity index (χ1n) is 6.18. The predicted octanol–water partition coefficient (Wildman–Crippen LogP) is 1.96. The highest BCUT2D eigenvalue weighted by atomic mass is 15.2.